The Hall–Kier alpha value is -1.06. The lowest BCUT2D eigenvalue weighted by atomic mass is 9.88. The Labute approximate surface area is 113 Å². The predicted molar refractivity (Wildman–Crippen MR) is 74.3 cm³/mol. The number of piperidine rings is 2. The first-order valence-corrected chi connectivity index (χ1v) is 7.58. The van der Waals surface area contributed by atoms with Crippen LogP contribution in [0.15, 0.2) is 24.3 Å². The van der Waals surface area contributed by atoms with Crippen LogP contribution in [0.5, 0.6) is 0 Å². The van der Waals surface area contributed by atoms with Crippen LogP contribution in [0.1, 0.15) is 18.4 Å². The third-order valence-corrected chi connectivity index (χ3v) is 5.96. The molecule has 0 amide bonds. The van der Waals surface area contributed by atoms with Crippen LogP contribution in [0.2, 0.25) is 0 Å². The van der Waals surface area contributed by atoms with Gasteiger partial charge in [-0.15, -0.1) is 0 Å². The van der Waals surface area contributed by atoms with E-state index in [4.69, 9.17) is 0 Å². The number of nitrogens with zero attached hydrogens (tertiary/aromatic N) is 1. The fourth-order valence-electron chi connectivity index (χ4n) is 4.70. The zero-order chi connectivity index (χ0) is 12.6. The van der Waals surface area contributed by atoms with Crippen LogP contribution in [-0.4, -0.2) is 36.9 Å². The lowest BCUT2D eigenvalue weighted by molar-refractivity contribution is 0.145. The number of hydrogen-bond donors (Lipinski definition) is 2. The summed E-state index contributed by atoms with van der Waals surface area (Å²) in [5.41, 5.74) is 3.40. The van der Waals surface area contributed by atoms with E-state index < -0.39 is 0 Å². The van der Waals surface area contributed by atoms with Gasteiger partial charge in [0.1, 0.15) is 0 Å². The quantitative estimate of drug-likeness (QED) is 0.832. The van der Waals surface area contributed by atoms with Crippen LogP contribution in [0, 0.1) is 11.8 Å². The van der Waals surface area contributed by atoms with Gasteiger partial charge in [0.25, 0.3) is 0 Å². The van der Waals surface area contributed by atoms with Crippen molar-refractivity contribution in [2.75, 3.05) is 24.5 Å². The highest BCUT2D eigenvalue weighted by Gasteiger charge is 2.87. The van der Waals surface area contributed by atoms with Crippen molar-refractivity contribution in [1.82, 2.24) is 5.32 Å². The van der Waals surface area contributed by atoms with Gasteiger partial charge in [-0.2, -0.15) is 0 Å². The van der Waals surface area contributed by atoms with E-state index >= 15 is 0 Å². The third-order valence-electron chi connectivity index (χ3n) is 5.96. The topological polar surface area (TPSA) is 35.5 Å². The highest BCUT2D eigenvalue weighted by Crippen LogP contribution is 2.80. The summed E-state index contributed by atoms with van der Waals surface area (Å²) in [5, 5.41) is 13.2. The number of nitrogens with one attached hydrogen (secondary N) is 1. The zero-order valence-electron chi connectivity index (χ0n) is 11.0. The van der Waals surface area contributed by atoms with Gasteiger partial charge >= 0.3 is 0 Å². The van der Waals surface area contributed by atoms with Crippen molar-refractivity contribution in [3.63, 3.8) is 0 Å². The Bertz CT molecular complexity index is 508. The average Bonchev–Trinajstić information content (AvgIpc) is 3.24. The molecule has 1 aromatic carbocycles. The Kier molecular flexibility index (Phi) is 1.88. The summed E-state index contributed by atoms with van der Waals surface area (Å²) < 4.78 is 0. The van der Waals surface area contributed by atoms with Crippen molar-refractivity contribution in [3.05, 3.63) is 29.8 Å². The predicted octanol–water partition coefficient (Wildman–Crippen LogP) is 1.12. The summed E-state index contributed by atoms with van der Waals surface area (Å²) in [6.07, 6.45) is 1.72. The average molecular weight is 256 g/mol. The van der Waals surface area contributed by atoms with Gasteiger partial charge in [-0.05, 0) is 42.4 Å². The molecule has 2 aliphatic carbocycles. The summed E-state index contributed by atoms with van der Waals surface area (Å²) in [7, 11) is 0. The Morgan fingerprint density at radius 2 is 1.79 bits per heavy atom. The minimum Gasteiger partial charge on any atom is -0.393 e. The Morgan fingerprint density at radius 3 is 2.37 bits per heavy atom. The fourth-order valence-corrected chi connectivity index (χ4v) is 4.70. The van der Waals surface area contributed by atoms with Crippen LogP contribution < -0.4 is 10.2 Å². The molecule has 100 valence electrons. The maximum atomic E-state index is 9.57. The van der Waals surface area contributed by atoms with Gasteiger partial charge in [-0.1, -0.05) is 12.1 Å². The van der Waals surface area contributed by atoms with Crippen molar-refractivity contribution < 1.29 is 5.11 Å². The first-order valence-electron chi connectivity index (χ1n) is 7.58. The van der Waals surface area contributed by atoms with Gasteiger partial charge in [0.2, 0.25) is 0 Å². The number of anilines is 1. The van der Waals surface area contributed by atoms with Crippen molar-refractivity contribution >= 4 is 5.69 Å². The molecule has 6 rings (SSSR count). The van der Waals surface area contributed by atoms with E-state index in [2.05, 4.69) is 34.5 Å². The Morgan fingerprint density at radius 1 is 1.11 bits per heavy atom. The second kappa shape index (κ2) is 3.33. The van der Waals surface area contributed by atoms with Crippen LogP contribution in [-0.2, 0) is 5.41 Å². The van der Waals surface area contributed by atoms with Gasteiger partial charge in [0, 0.05) is 36.8 Å². The minimum absolute atomic E-state index is 0.0884. The van der Waals surface area contributed by atoms with Gasteiger partial charge in [-0.3, -0.25) is 0 Å². The van der Waals surface area contributed by atoms with E-state index in [0.29, 0.717) is 5.41 Å². The summed E-state index contributed by atoms with van der Waals surface area (Å²) in [6.45, 7) is 3.17. The number of aliphatic hydroxyl groups is 1. The smallest absolute Gasteiger partial charge is 0.0574 e. The highest BCUT2D eigenvalue weighted by molar-refractivity contribution is 5.57. The molecule has 2 bridgehead atoms. The van der Waals surface area contributed by atoms with Crippen molar-refractivity contribution in [2.45, 2.75) is 30.4 Å². The fraction of sp³-hybridized carbons (Fsp3) is 0.625. The van der Waals surface area contributed by atoms with Gasteiger partial charge < -0.3 is 15.3 Å². The molecule has 0 aromatic heterocycles. The van der Waals surface area contributed by atoms with Gasteiger partial charge in [0.05, 0.1) is 6.10 Å². The van der Waals surface area contributed by atoms with E-state index in [1.54, 1.807) is 5.56 Å². The molecule has 1 aromatic rings. The molecular formula is C16H20N2O. The standard InChI is InChI=1S/C16H20N2O/c19-12-5-7-18(8-6-12)11-3-1-10(2-4-11)16-9-17-15-13(16)14(15)16/h1-4,12-15,17,19H,5-9H2. The number of hydrogen-bond acceptors (Lipinski definition) is 3. The maximum Gasteiger partial charge on any atom is 0.0574 e. The van der Waals surface area contributed by atoms with Crippen LogP contribution in [0.25, 0.3) is 0 Å². The second-order valence-corrected chi connectivity index (χ2v) is 6.76. The summed E-state index contributed by atoms with van der Waals surface area (Å²) in [4.78, 5) is 2.40. The van der Waals surface area contributed by atoms with Crippen molar-refractivity contribution in [3.8, 4) is 0 Å². The minimum atomic E-state index is -0.0884. The summed E-state index contributed by atoms with van der Waals surface area (Å²) in [5.74, 6) is 1.92. The summed E-state index contributed by atoms with van der Waals surface area (Å²) in [6, 6.07) is 10.1. The molecule has 0 radical (unpaired) electrons. The molecule has 2 N–H and O–H groups in total. The Balaban J connectivity index is 1.36. The molecule has 19 heavy (non-hydrogen) atoms. The number of aliphatic hydroxyl groups excluding tert-OH is 1. The number of rotatable bonds is 2. The van der Waals surface area contributed by atoms with Gasteiger partial charge in [-0.25, -0.2) is 0 Å². The van der Waals surface area contributed by atoms with E-state index in [1.165, 1.54) is 12.2 Å². The molecular weight excluding hydrogens is 236 g/mol. The van der Waals surface area contributed by atoms with Crippen LogP contribution in [0.4, 0.5) is 5.69 Å². The largest absolute Gasteiger partial charge is 0.393 e. The van der Waals surface area contributed by atoms with E-state index in [9.17, 15) is 5.11 Å². The molecule has 2 atom stereocenters. The molecule has 2 unspecified atom stereocenters. The maximum absolute atomic E-state index is 9.57. The lowest BCUT2D eigenvalue weighted by Gasteiger charge is -2.31. The molecule has 3 saturated heterocycles. The summed E-state index contributed by atoms with van der Waals surface area (Å²) >= 11 is 0. The molecule has 2 saturated carbocycles. The monoisotopic (exact) mass is 256 g/mol. The first-order chi connectivity index (χ1) is 9.30. The van der Waals surface area contributed by atoms with E-state index in [0.717, 1.165) is 43.8 Å². The van der Waals surface area contributed by atoms with Crippen LogP contribution >= 0.6 is 0 Å². The molecule has 0 spiro atoms. The van der Waals surface area contributed by atoms with Crippen molar-refractivity contribution in [1.29, 1.82) is 0 Å². The molecule has 3 heterocycles. The second-order valence-electron chi connectivity index (χ2n) is 6.76. The number of fused-ring (bicyclic) bond motifs is 1. The van der Waals surface area contributed by atoms with Crippen molar-refractivity contribution in [2.24, 2.45) is 11.8 Å². The molecule has 5 aliphatic rings. The van der Waals surface area contributed by atoms with E-state index in [-0.39, 0.29) is 6.10 Å². The van der Waals surface area contributed by atoms with Gasteiger partial charge in [0.15, 0.2) is 0 Å². The third kappa shape index (κ3) is 1.25. The van der Waals surface area contributed by atoms with Crippen LogP contribution in [0.3, 0.4) is 0 Å². The molecule has 3 aliphatic heterocycles. The number of benzene rings is 1. The normalized spacial score (nSPS) is 43.2. The molecule has 3 nitrogen and oxygen atoms in total. The van der Waals surface area contributed by atoms with E-state index in [1.807, 2.05) is 0 Å². The zero-order valence-corrected chi connectivity index (χ0v) is 11.0. The highest BCUT2D eigenvalue weighted by atomic mass is 16.3. The molecule has 3 heteroatoms. The SMILES string of the molecule is OC1CCN(c2ccc(C34CNC5C3C54)cc2)CC1. The first kappa shape index (κ1) is 10.7. The molecule has 5 fully saturated rings. The lowest BCUT2D eigenvalue weighted by Crippen LogP contribution is -2.35.